The lowest BCUT2D eigenvalue weighted by atomic mass is 9.90. The summed E-state index contributed by atoms with van der Waals surface area (Å²) in [4.78, 5) is 0. The van der Waals surface area contributed by atoms with Gasteiger partial charge in [-0.2, -0.15) is 0 Å². The molecule has 2 rings (SSSR count). The van der Waals surface area contributed by atoms with Crippen LogP contribution in [0.25, 0.3) is 0 Å². The van der Waals surface area contributed by atoms with Crippen molar-refractivity contribution in [2.45, 2.75) is 5.92 Å². The van der Waals surface area contributed by atoms with Crippen molar-refractivity contribution >= 4 is 0 Å². The summed E-state index contributed by atoms with van der Waals surface area (Å²) in [5, 5.41) is 3.23. The number of rotatable bonds is 3. The number of hydrogen-bond donors (Lipinski definition) is 1. The molecule has 2 atom stereocenters. The fraction of sp³-hybridized carbons (Fsp3) is 0.500. The quantitative estimate of drug-likeness (QED) is 0.821. The summed E-state index contributed by atoms with van der Waals surface area (Å²) in [6.07, 6.45) is 0. The molecule has 0 aromatic heterocycles. The smallest absolute Gasteiger partial charge is 0.118 e. The molecule has 1 aromatic carbocycles. The Morgan fingerprint density at radius 3 is 2.67 bits per heavy atom. The van der Waals surface area contributed by atoms with Gasteiger partial charge in [0.1, 0.15) is 5.75 Å². The maximum absolute atomic E-state index is 12.7. The summed E-state index contributed by atoms with van der Waals surface area (Å²) in [7, 11) is 1.65. The molecule has 0 unspecified atom stereocenters. The lowest BCUT2D eigenvalue weighted by molar-refractivity contribution is 0.358. The first-order valence-electron chi connectivity index (χ1n) is 5.25. The van der Waals surface area contributed by atoms with Crippen LogP contribution in [0.15, 0.2) is 24.3 Å². The van der Waals surface area contributed by atoms with Gasteiger partial charge in [0, 0.05) is 24.9 Å². The Labute approximate surface area is 89.4 Å². The molecule has 0 bridgehead atoms. The van der Waals surface area contributed by atoms with E-state index in [1.54, 1.807) is 7.11 Å². The second-order valence-corrected chi connectivity index (χ2v) is 3.95. The van der Waals surface area contributed by atoms with Crippen LogP contribution < -0.4 is 10.1 Å². The second kappa shape index (κ2) is 4.62. The first-order valence-corrected chi connectivity index (χ1v) is 5.25. The molecule has 1 aliphatic rings. The Morgan fingerprint density at radius 2 is 2.07 bits per heavy atom. The Morgan fingerprint density at radius 1 is 1.33 bits per heavy atom. The minimum atomic E-state index is -0.246. The zero-order valence-corrected chi connectivity index (χ0v) is 8.87. The Kier molecular flexibility index (Phi) is 3.21. The normalized spacial score (nSPS) is 25.5. The highest BCUT2D eigenvalue weighted by molar-refractivity contribution is 5.30. The standard InChI is InChI=1S/C12H16FNO/c1-15-11-4-2-9(3-5-11)12-8-14-7-10(12)6-13/h2-5,10,12,14H,6-8H2,1H3/t10-,12-/m0/s1. The van der Waals surface area contributed by atoms with E-state index in [4.69, 9.17) is 4.74 Å². The van der Waals surface area contributed by atoms with Crippen LogP contribution >= 0.6 is 0 Å². The van der Waals surface area contributed by atoms with E-state index in [9.17, 15) is 4.39 Å². The van der Waals surface area contributed by atoms with Crippen LogP contribution in [0, 0.1) is 5.92 Å². The highest BCUT2D eigenvalue weighted by atomic mass is 19.1. The molecule has 0 aliphatic carbocycles. The zero-order valence-electron chi connectivity index (χ0n) is 8.87. The van der Waals surface area contributed by atoms with Gasteiger partial charge in [-0.05, 0) is 17.7 Å². The van der Waals surface area contributed by atoms with Gasteiger partial charge in [0.2, 0.25) is 0 Å². The van der Waals surface area contributed by atoms with Crippen LogP contribution in [-0.2, 0) is 0 Å². The molecule has 15 heavy (non-hydrogen) atoms. The Balaban J connectivity index is 2.14. The molecule has 2 nitrogen and oxygen atoms in total. The van der Waals surface area contributed by atoms with Crippen molar-refractivity contribution in [1.82, 2.24) is 5.32 Å². The van der Waals surface area contributed by atoms with E-state index in [-0.39, 0.29) is 12.6 Å². The number of methoxy groups -OCH3 is 1. The van der Waals surface area contributed by atoms with Crippen LogP contribution in [0.2, 0.25) is 0 Å². The number of ether oxygens (including phenoxy) is 1. The van der Waals surface area contributed by atoms with Gasteiger partial charge in [-0.15, -0.1) is 0 Å². The van der Waals surface area contributed by atoms with E-state index >= 15 is 0 Å². The predicted octanol–water partition coefficient (Wildman–Crippen LogP) is 1.97. The molecule has 82 valence electrons. The molecule has 1 aliphatic heterocycles. The minimum absolute atomic E-state index is 0.124. The van der Waals surface area contributed by atoms with Crippen LogP contribution in [-0.4, -0.2) is 26.9 Å². The van der Waals surface area contributed by atoms with Gasteiger partial charge in [-0.3, -0.25) is 4.39 Å². The molecule has 1 heterocycles. The van der Waals surface area contributed by atoms with Crippen molar-refractivity contribution in [2.75, 3.05) is 26.9 Å². The van der Waals surface area contributed by atoms with Gasteiger partial charge in [0.05, 0.1) is 13.8 Å². The van der Waals surface area contributed by atoms with Crippen LogP contribution in [0.4, 0.5) is 4.39 Å². The van der Waals surface area contributed by atoms with E-state index in [0.717, 1.165) is 18.8 Å². The molecular formula is C12H16FNO. The van der Waals surface area contributed by atoms with Crippen LogP contribution in [0.5, 0.6) is 5.75 Å². The third-order valence-corrected chi connectivity index (χ3v) is 3.08. The molecule has 0 amide bonds. The molecule has 0 radical (unpaired) electrons. The molecule has 1 N–H and O–H groups in total. The number of benzene rings is 1. The molecule has 1 saturated heterocycles. The largest absolute Gasteiger partial charge is 0.497 e. The first kappa shape index (κ1) is 10.4. The number of hydrogen-bond acceptors (Lipinski definition) is 2. The van der Waals surface area contributed by atoms with E-state index < -0.39 is 0 Å². The molecular weight excluding hydrogens is 193 g/mol. The Hall–Kier alpha value is -1.09. The van der Waals surface area contributed by atoms with Gasteiger partial charge in [0.15, 0.2) is 0 Å². The third-order valence-electron chi connectivity index (χ3n) is 3.08. The summed E-state index contributed by atoms with van der Waals surface area (Å²) in [5.74, 6) is 1.28. The highest BCUT2D eigenvalue weighted by Crippen LogP contribution is 2.29. The van der Waals surface area contributed by atoms with Crippen molar-refractivity contribution < 1.29 is 9.13 Å². The fourth-order valence-corrected chi connectivity index (χ4v) is 2.14. The van der Waals surface area contributed by atoms with Crippen LogP contribution in [0.1, 0.15) is 11.5 Å². The lowest BCUT2D eigenvalue weighted by Crippen LogP contribution is -2.12. The summed E-state index contributed by atoms with van der Waals surface area (Å²) >= 11 is 0. The van der Waals surface area contributed by atoms with Crippen molar-refractivity contribution in [3.05, 3.63) is 29.8 Å². The first-order chi connectivity index (χ1) is 7.35. The van der Waals surface area contributed by atoms with E-state index in [1.807, 2.05) is 24.3 Å². The van der Waals surface area contributed by atoms with Gasteiger partial charge in [-0.1, -0.05) is 12.1 Å². The van der Waals surface area contributed by atoms with Crippen molar-refractivity contribution in [1.29, 1.82) is 0 Å². The fourth-order valence-electron chi connectivity index (χ4n) is 2.14. The molecule has 0 saturated carbocycles. The second-order valence-electron chi connectivity index (χ2n) is 3.95. The maximum Gasteiger partial charge on any atom is 0.118 e. The van der Waals surface area contributed by atoms with Crippen molar-refractivity contribution in [3.63, 3.8) is 0 Å². The minimum Gasteiger partial charge on any atom is -0.497 e. The van der Waals surface area contributed by atoms with E-state index in [0.29, 0.717) is 5.92 Å². The summed E-state index contributed by atoms with van der Waals surface area (Å²) in [5.41, 5.74) is 1.20. The predicted molar refractivity (Wildman–Crippen MR) is 58.1 cm³/mol. The van der Waals surface area contributed by atoms with Gasteiger partial charge in [0.25, 0.3) is 0 Å². The molecule has 0 spiro atoms. The summed E-state index contributed by atoms with van der Waals surface area (Å²) in [6.45, 7) is 1.41. The van der Waals surface area contributed by atoms with Gasteiger partial charge >= 0.3 is 0 Å². The SMILES string of the molecule is COc1ccc([C@@H]2CNC[C@@H]2CF)cc1. The van der Waals surface area contributed by atoms with Gasteiger partial charge < -0.3 is 10.1 Å². The monoisotopic (exact) mass is 209 g/mol. The maximum atomic E-state index is 12.7. The number of halogens is 1. The lowest BCUT2D eigenvalue weighted by Gasteiger charge is -2.15. The van der Waals surface area contributed by atoms with Gasteiger partial charge in [-0.25, -0.2) is 0 Å². The Bertz CT molecular complexity index is 312. The molecule has 1 fully saturated rings. The average molecular weight is 209 g/mol. The van der Waals surface area contributed by atoms with Crippen molar-refractivity contribution in [3.8, 4) is 5.75 Å². The summed E-state index contributed by atoms with van der Waals surface area (Å²) in [6, 6.07) is 7.92. The summed E-state index contributed by atoms with van der Waals surface area (Å²) < 4.78 is 17.8. The topological polar surface area (TPSA) is 21.3 Å². The van der Waals surface area contributed by atoms with Crippen molar-refractivity contribution in [2.24, 2.45) is 5.92 Å². The number of nitrogens with one attached hydrogen (secondary N) is 1. The zero-order chi connectivity index (χ0) is 10.7. The van der Waals surface area contributed by atoms with E-state index in [2.05, 4.69) is 5.32 Å². The molecule has 3 heteroatoms. The third kappa shape index (κ3) is 2.12. The average Bonchev–Trinajstić information content (AvgIpc) is 2.77. The van der Waals surface area contributed by atoms with E-state index in [1.165, 1.54) is 5.56 Å². The van der Waals surface area contributed by atoms with Crippen LogP contribution in [0.3, 0.4) is 0 Å². The molecule has 1 aromatic rings. The highest BCUT2D eigenvalue weighted by Gasteiger charge is 2.28. The number of alkyl halides is 1.